The molecular weight excluding hydrogens is 206 g/mol. The van der Waals surface area contributed by atoms with Gasteiger partial charge in [-0.1, -0.05) is 13.8 Å². The molecule has 1 atom stereocenters. The van der Waals surface area contributed by atoms with E-state index in [4.69, 9.17) is 5.11 Å². The predicted molar refractivity (Wildman–Crippen MR) is 61.3 cm³/mol. The highest BCUT2D eigenvalue weighted by Crippen LogP contribution is 2.11. The molecule has 0 amide bonds. The summed E-state index contributed by atoms with van der Waals surface area (Å²) >= 11 is 0. The molecule has 0 fully saturated rings. The van der Waals surface area contributed by atoms with Crippen LogP contribution in [0.3, 0.4) is 0 Å². The fraction of sp³-hybridized carbons (Fsp3) is 0.545. The zero-order valence-electron chi connectivity index (χ0n) is 9.77. The van der Waals surface area contributed by atoms with Gasteiger partial charge in [-0.3, -0.25) is 0 Å². The molecule has 0 saturated carbocycles. The molecule has 0 bridgehead atoms. The van der Waals surface area contributed by atoms with Crippen LogP contribution in [0.4, 0.5) is 5.82 Å². The molecule has 16 heavy (non-hydrogen) atoms. The molecule has 2 N–H and O–H groups in total. The smallest absolute Gasteiger partial charge is 0.326 e. The Morgan fingerprint density at radius 2 is 2.25 bits per heavy atom. The number of aryl methyl sites for hydroxylation is 1. The van der Waals surface area contributed by atoms with Gasteiger partial charge in [0.1, 0.15) is 17.7 Å². The Bertz CT molecular complexity index is 366. The summed E-state index contributed by atoms with van der Waals surface area (Å²) in [5.41, 5.74) is 0. The number of anilines is 1. The second-order valence-corrected chi connectivity index (χ2v) is 4.15. The molecule has 0 aliphatic heterocycles. The molecule has 0 unspecified atom stereocenters. The van der Waals surface area contributed by atoms with E-state index in [1.807, 2.05) is 13.8 Å². The largest absolute Gasteiger partial charge is 0.480 e. The molecule has 0 spiro atoms. The van der Waals surface area contributed by atoms with Gasteiger partial charge in [0.2, 0.25) is 0 Å². The van der Waals surface area contributed by atoms with E-state index in [-0.39, 0.29) is 0 Å². The zero-order valence-corrected chi connectivity index (χ0v) is 9.77. The summed E-state index contributed by atoms with van der Waals surface area (Å²) in [7, 11) is 0. The number of carbonyl (C=O) groups is 1. The predicted octanol–water partition coefficient (Wildman–Crippen LogP) is 1.70. The normalized spacial score (nSPS) is 12.5. The second kappa shape index (κ2) is 5.44. The van der Waals surface area contributed by atoms with Crippen LogP contribution in [-0.4, -0.2) is 27.1 Å². The maximum Gasteiger partial charge on any atom is 0.326 e. The fourth-order valence-corrected chi connectivity index (χ4v) is 1.41. The summed E-state index contributed by atoms with van der Waals surface area (Å²) in [6.07, 6.45) is 2.18. The third-order valence-electron chi connectivity index (χ3n) is 2.10. The van der Waals surface area contributed by atoms with Gasteiger partial charge in [0.25, 0.3) is 0 Å². The third-order valence-corrected chi connectivity index (χ3v) is 2.10. The van der Waals surface area contributed by atoms with Gasteiger partial charge in [-0.05, 0) is 25.3 Å². The minimum Gasteiger partial charge on any atom is -0.480 e. The highest BCUT2D eigenvalue weighted by atomic mass is 16.4. The minimum atomic E-state index is -0.857. The van der Waals surface area contributed by atoms with Gasteiger partial charge in [-0.2, -0.15) is 0 Å². The molecule has 5 heteroatoms. The highest BCUT2D eigenvalue weighted by molar-refractivity contribution is 5.76. The summed E-state index contributed by atoms with van der Waals surface area (Å²) in [6.45, 7) is 5.75. The lowest BCUT2D eigenvalue weighted by Crippen LogP contribution is -2.31. The molecule has 1 aromatic heterocycles. The second-order valence-electron chi connectivity index (χ2n) is 4.15. The number of hydrogen-bond donors (Lipinski definition) is 2. The molecule has 0 aromatic carbocycles. The molecule has 1 aromatic rings. The maximum atomic E-state index is 11.0. The monoisotopic (exact) mass is 223 g/mol. The number of hydrogen-bond acceptors (Lipinski definition) is 4. The number of carboxylic acid groups (broad SMARTS) is 1. The van der Waals surface area contributed by atoms with Crippen LogP contribution in [0, 0.1) is 12.8 Å². The van der Waals surface area contributed by atoms with Crippen molar-refractivity contribution in [2.24, 2.45) is 5.92 Å². The first-order chi connectivity index (χ1) is 7.49. The van der Waals surface area contributed by atoms with Crippen molar-refractivity contribution in [3.8, 4) is 0 Å². The Labute approximate surface area is 94.9 Å². The lowest BCUT2D eigenvalue weighted by atomic mass is 10.0. The standard InChI is InChI=1S/C11H17N3O2/c1-7(2)6-9(11(15)16)14-10-4-5-12-8(3)13-10/h4-5,7,9H,6H2,1-3H3,(H,15,16)(H,12,13,14)/t9-/m0/s1. The molecule has 0 saturated heterocycles. The van der Waals surface area contributed by atoms with Crippen LogP contribution < -0.4 is 5.32 Å². The summed E-state index contributed by atoms with van der Waals surface area (Å²) in [5, 5.41) is 11.9. The number of nitrogens with one attached hydrogen (secondary N) is 1. The van der Waals surface area contributed by atoms with Crippen molar-refractivity contribution < 1.29 is 9.90 Å². The third kappa shape index (κ3) is 3.84. The van der Waals surface area contributed by atoms with Gasteiger partial charge in [-0.15, -0.1) is 0 Å². The summed E-state index contributed by atoms with van der Waals surface area (Å²) < 4.78 is 0. The first kappa shape index (κ1) is 12.4. The van der Waals surface area contributed by atoms with E-state index in [1.54, 1.807) is 19.2 Å². The van der Waals surface area contributed by atoms with E-state index in [1.165, 1.54) is 0 Å². The highest BCUT2D eigenvalue weighted by Gasteiger charge is 2.18. The average molecular weight is 223 g/mol. The lowest BCUT2D eigenvalue weighted by molar-refractivity contribution is -0.138. The SMILES string of the molecule is Cc1nccc(N[C@@H](CC(C)C)C(=O)O)n1. The van der Waals surface area contributed by atoms with Crippen molar-refractivity contribution >= 4 is 11.8 Å². The number of nitrogens with zero attached hydrogens (tertiary/aromatic N) is 2. The average Bonchev–Trinajstić information content (AvgIpc) is 2.15. The van der Waals surface area contributed by atoms with Gasteiger partial charge >= 0.3 is 5.97 Å². The van der Waals surface area contributed by atoms with E-state index in [0.29, 0.717) is 24.0 Å². The van der Waals surface area contributed by atoms with Crippen LogP contribution in [0.1, 0.15) is 26.1 Å². The Morgan fingerprint density at radius 1 is 1.56 bits per heavy atom. The summed E-state index contributed by atoms with van der Waals surface area (Å²) in [4.78, 5) is 19.1. The molecular formula is C11H17N3O2. The molecule has 88 valence electrons. The molecule has 1 heterocycles. The maximum absolute atomic E-state index is 11.0. The van der Waals surface area contributed by atoms with Crippen LogP contribution in [-0.2, 0) is 4.79 Å². The first-order valence-corrected chi connectivity index (χ1v) is 5.28. The van der Waals surface area contributed by atoms with Gasteiger partial charge in [0, 0.05) is 6.20 Å². The zero-order chi connectivity index (χ0) is 12.1. The van der Waals surface area contributed by atoms with Gasteiger partial charge in [0.05, 0.1) is 0 Å². The Balaban J connectivity index is 2.71. The molecule has 0 radical (unpaired) electrons. The van der Waals surface area contributed by atoms with Crippen LogP contribution in [0.2, 0.25) is 0 Å². The van der Waals surface area contributed by atoms with Gasteiger partial charge < -0.3 is 10.4 Å². The quantitative estimate of drug-likeness (QED) is 0.794. The number of rotatable bonds is 5. The number of aromatic nitrogens is 2. The molecule has 5 nitrogen and oxygen atoms in total. The number of carboxylic acids is 1. The van der Waals surface area contributed by atoms with Crippen molar-refractivity contribution in [3.05, 3.63) is 18.1 Å². The summed E-state index contributed by atoms with van der Waals surface area (Å²) in [5.74, 6) is 0.640. The van der Waals surface area contributed by atoms with E-state index in [9.17, 15) is 4.79 Å². The van der Waals surface area contributed by atoms with Gasteiger partial charge in [-0.25, -0.2) is 14.8 Å². The Morgan fingerprint density at radius 3 is 2.75 bits per heavy atom. The lowest BCUT2D eigenvalue weighted by Gasteiger charge is -2.16. The molecule has 0 aliphatic rings. The molecule has 0 aliphatic carbocycles. The van der Waals surface area contributed by atoms with Gasteiger partial charge in [0.15, 0.2) is 0 Å². The van der Waals surface area contributed by atoms with E-state index < -0.39 is 12.0 Å². The van der Waals surface area contributed by atoms with Crippen LogP contribution in [0.15, 0.2) is 12.3 Å². The van der Waals surface area contributed by atoms with Crippen molar-refractivity contribution in [2.75, 3.05) is 5.32 Å². The summed E-state index contributed by atoms with van der Waals surface area (Å²) in [6, 6.07) is 1.07. The Hall–Kier alpha value is -1.65. The minimum absolute atomic E-state index is 0.316. The van der Waals surface area contributed by atoms with Crippen LogP contribution >= 0.6 is 0 Å². The number of aliphatic carboxylic acids is 1. The van der Waals surface area contributed by atoms with Crippen LogP contribution in [0.25, 0.3) is 0 Å². The van der Waals surface area contributed by atoms with Crippen LogP contribution in [0.5, 0.6) is 0 Å². The van der Waals surface area contributed by atoms with E-state index in [2.05, 4.69) is 15.3 Å². The van der Waals surface area contributed by atoms with Crippen molar-refractivity contribution in [1.29, 1.82) is 0 Å². The Kier molecular flexibility index (Phi) is 4.22. The van der Waals surface area contributed by atoms with Crippen molar-refractivity contribution in [2.45, 2.75) is 33.2 Å². The van der Waals surface area contributed by atoms with Crippen molar-refractivity contribution in [1.82, 2.24) is 9.97 Å². The molecule has 1 rings (SSSR count). The topological polar surface area (TPSA) is 75.1 Å². The van der Waals surface area contributed by atoms with E-state index in [0.717, 1.165) is 0 Å². The fourth-order valence-electron chi connectivity index (χ4n) is 1.41. The van der Waals surface area contributed by atoms with Crippen molar-refractivity contribution in [3.63, 3.8) is 0 Å². The van der Waals surface area contributed by atoms with E-state index >= 15 is 0 Å². The first-order valence-electron chi connectivity index (χ1n) is 5.28.